The normalized spacial score (nSPS) is 15.8. The fourth-order valence-corrected chi connectivity index (χ4v) is 3.16. The Morgan fingerprint density at radius 2 is 1.91 bits per heavy atom. The van der Waals surface area contributed by atoms with Gasteiger partial charge >= 0.3 is 0 Å². The molecule has 0 bridgehead atoms. The molecule has 0 radical (unpaired) electrons. The van der Waals surface area contributed by atoms with E-state index >= 15 is 0 Å². The van der Waals surface area contributed by atoms with Gasteiger partial charge < -0.3 is 14.8 Å². The Morgan fingerprint density at radius 1 is 1.13 bits per heavy atom. The Kier molecular flexibility index (Phi) is 7.73. The molecule has 2 rings (SSSR count). The number of hydrogen-bond acceptors (Lipinski definition) is 3. The molecule has 0 saturated heterocycles. The zero-order valence-corrected chi connectivity index (χ0v) is 15.1. The second kappa shape index (κ2) is 9.82. The monoisotopic (exact) mass is 319 g/mol. The van der Waals surface area contributed by atoms with Crippen molar-refractivity contribution >= 4 is 0 Å². The molecular formula is C20H33NO2. The number of methoxy groups -OCH3 is 1. The third-order valence-electron chi connectivity index (χ3n) is 4.67. The fourth-order valence-electron chi connectivity index (χ4n) is 3.16. The van der Waals surface area contributed by atoms with Crippen LogP contribution in [0.1, 0.15) is 57.9 Å². The van der Waals surface area contributed by atoms with Gasteiger partial charge in [0.2, 0.25) is 0 Å². The van der Waals surface area contributed by atoms with Gasteiger partial charge in [0.1, 0.15) is 0 Å². The first-order valence-electron chi connectivity index (χ1n) is 9.19. The minimum absolute atomic E-state index is 0.657. The summed E-state index contributed by atoms with van der Waals surface area (Å²) in [7, 11) is 1.71. The van der Waals surface area contributed by atoms with Gasteiger partial charge in [-0.05, 0) is 55.3 Å². The van der Waals surface area contributed by atoms with E-state index in [4.69, 9.17) is 9.47 Å². The van der Waals surface area contributed by atoms with Gasteiger partial charge in [-0.3, -0.25) is 0 Å². The Labute approximate surface area is 141 Å². The van der Waals surface area contributed by atoms with Crippen LogP contribution in [-0.4, -0.2) is 20.3 Å². The molecular weight excluding hydrogens is 286 g/mol. The van der Waals surface area contributed by atoms with E-state index in [1.165, 1.54) is 37.7 Å². The topological polar surface area (TPSA) is 30.5 Å². The Balaban J connectivity index is 1.80. The lowest BCUT2D eigenvalue weighted by molar-refractivity contribution is 0.272. The summed E-state index contributed by atoms with van der Waals surface area (Å²) >= 11 is 0. The Hall–Kier alpha value is -1.22. The number of rotatable bonds is 9. The molecule has 1 fully saturated rings. The third-order valence-corrected chi connectivity index (χ3v) is 4.67. The predicted octanol–water partition coefficient (Wildman–Crippen LogP) is 4.79. The van der Waals surface area contributed by atoms with Crippen molar-refractivity contribution in [1.29, 1.82) is 0 Å². The zero-order chi connectivity index (χ0) is 16.5. The van der Waals surface area contributed by atoms with Crippen molar-refractivity contribution in [3.8, 4) is 11.5 Å². The molecule has 0 aromatic heterocycles. The average Bonchev–Trinajstić information content (AvgIpc) is 2.56. The van der Waals surface area contributed by atoms with Gasteiger partial charge in [-0.15, -0.1) is 0 Å². The van der Waals surface area contributed by atoms with Gasteiger partial charge in [-0.25, -0.2) is 0 Å². The summed E-state index contributed by atoms with van der Waals surface area (Å²) < 4.78 is 11.3. The summed E-state index contributed by atoms with van der Waals surface area (Å²) in [6.07, 6.45) is 8.07. The first-order valence-corrected chi connectivity index (χ1v) is 9.19. The van der Waals surface area contributed by atoms with Crippen LogP contribution < -0.4 is 14.8 Å². The van der Waals surface area contributed by atoms with E-state index in [2.05, 4.69) is 31.3 Å². The average molecular weight is 319 g/mol. The van der Waals surface area contributed by atoms with E-state index < -0.39 is 0 Å². The third kappa shape index (κ3) is 6.42. The molecule has 0 amide bonds. The standard InChI is InChI=1S/C20H33NO2/c1-16(2)11-12-23-19-10-9-18(13-20(19)22-3)15-21-14-17-7-5-4-6-8-17/h9-10,13,16-17,21H,4-8,11-12,14-15H2,1-3H3. The summed E-state index contributed by atoms with van der Waals surface area (Å²) in [4.78, 5) is 0. The molecule has 3 heteroatoms. The van der Waals surface area contributed by atoms with Crippen LogP contribution in [0.3, 0.4) is 0 Å². The molecule has 1 aliphatic carbocycles. The van der Waals surface area contributed by atoms with Gasteiger partial charge in [0.25, 0.3) is 0 Å². The first-order chi connectivity index (χ1) is 11.2. The highest BCUT2D eigenvalue weighted by atomic mass is 16.5. The van der Waals surface area contributed by atoms with Gasteiger partial charge in [0.15, 0.2) is 11.5 Å². The van der Waals surface area contributed by atoms with Crippen molar-refractivity contribution in [3.63, 3.8) is 0 Å². The minimum atomic E-state index is 0.657. The molecule has 0 heterocycles. The highest BCUT2D eigenvalue weighted by molar-refractivity contribution is 5.42. The van der Waals surface area contributed by atoms with Crippen molar-refractivity contribution in [2.24, 2.45) is 11.8 Å². The van der Waals surface area contributed by atoms with Crippen LogP contribution in [0.4, 0.5) is 0 Å². The molecule has 130 valence electrons. The van der Waals surface area contributed by atoms with Crippen LogP contribution in [0, 0.1) is 11.8 Å². The number of ether oxygens (including phenoxy) is 2. The van der Waals surface area contributed by atoms with Crippen LogP contribution in [0.5, 0.6) is 11.5 Å². The minimum Gasteiger partial charge on any atom is -0.493 e. The second-order valence-corrected chi connectivity index (χ2v) is 7.15. The lowest BCUT2D eigenvalue weighted by Gasteiger charge is -2.22. The molecule has 1 N–H and O–H groups in total. The molecule has 0 aliphatic heterocycles. The SMILES string of the molecule is COc1cc(CNCC2CCCCC2)ccc1OCCC(C)C. The molecule has 1 aromatic rings. The molecule has 1 aliphatic rings. The smallest absolute Gasteiger partial charge is 0.161 e. The van der Waals surface area contributed by atoms with Crippen molar-refractivity contribution in [3.05, 3.63) is 23.8 Å². The molecule has 1 saturated carbocycles. The fraction of sp³-hybridized carbons (Fsp3) is 0.700. The lowest BCUT2D eigenvalue weighted by Crippen LogP contribution is -2.24. The molecule has 0 unspecified atom stereocenters. The molecule has 0 atom stereocenters. The van der Waals surface area contributed by atoms with Crippen molar-refractivity contribution < 1.29 is 9.47 Å². The highest BCUT2D eigenvalue weighted by Gasteiger charge is 2.13. The van der Waals surface area contributed by atoms with Gasteiger partial charge in [0.05, 0.1) is 13.7 Å². The summed E-state index contributed by atoms with van der Waals surface area (Å²) in [5.41, 5.74) is 1.26. The van der Waals surface area contributed by atoms with Crippen LogP contribution in [-0.2, 0) is 6.54 Å². The maximum atomic E-state index is 5.85. The number of nitrogens with one attached hydrogen (secondary N) is 1. The maximum Gasteiger partial charge on any atom is 0.161 e. The summed E-state index contributed by atoms with van der Waals surface area (Å²) in [5, 5.41) is 3.60. The highest BCUT2D eigenvalue weighted by Crippen LogP contribution is 2.28. The zero-order valence-electron chi connectivity index (χ0n) is 15.1. The van der Waals surface area contributed by atoms with Gasteiger partial charge in [-0.1, -0.05) is 39.2 Å². The van der Waals surface area contributed by atoms with E-state index in [1.54, 1.807) is 7.11 Å². The van der Waals surface area contributed by atoms with Crippen molar-refractivity contribution in [2.75, 3.05) is 20.3 Å². The molecule has 0 spiro atoms. The van der Waals surface area contributed by atoms with Crippen molar-refractivity contribution in [2.45, 2.75) is 58.9 Å². The van der Waals surface area contributed by atoms with Crippen LogP contribution in [0.25, 0.3) is 0 Å². The summed E-state index contributed by atoms with van der Waals surface area (Å²) in [6.45, 7) is 7.20. The maximum absolute atomic E-state index is 5.85. The van der Waals surface area contributed by atoms with Crippen LogP contribution in [0.15, 0.2) is 18.2 Å². The van der Waals surface area contributed by atoms with E-state index in [0.717, 1.165) is 43.5 Å². The Bertz CT molecular complexity index is 453. The number of benzene rings is 1. The lowest BCUT2D eigenvalue weighted by atomic mass is 9.89. The second-order valence-electron chi connectivity index (χ2n) is 7.15. The van der Waals surface area contributed by atoms with Gasteiger partial charge in [0, 0.05) is 6.54 Å². The van der Waals surface area contributed by atoms with Crippen LogP contribution in [0.2, 0.25) is 0 Å². The van der Waals surface area contributed by atoms with E-state index in [1.807, 2.05) is 6.07 Å². The van der Waals surface area contributed by atoms with E-state index in [9.17, 15) is 0 Å². The van der Waals surface area contributed by atoms with Crippen molar-refractivity contribution in [1.82, 2.24) is 5.32 Å². The molecule has 3 nitrogen and oxygen atoms in total. The first kappa shape index (κ1) is 18.1. The van der Waals surface area contributed by atoms with Crippen LogP contribution >= 0.6 is 0 Å². The predicted molar refractivity (Wildman–Crippen MR) is 96.2 cm³/mol. The number of hydrogen-bond donors (Lipinski definition) is 1. The van der Waals surface area contributed by atoms with E-state index in [-0.39, 0.29) is 0 Å². The molecule has 23 heavy (non-hydrogen) atoms. The Morgan fingerprint density at radius 3 is 2.61 bits per heavy atom. The summed E-state index contributed by atoms with van der Waals surface area (Å²) in [6, 6.07) is 6.27. The van der Waals surface area contributed by atoms with E-state index in [0.29, 0.717) is 5.92 Å². The van der Waals surface area contributed by atoms with Gasteiger partial charge in [-0.2, -0.15) is 0 Å². The molecule has 1 aromatic carbocycles. The largest absolute Gasteiger partial charge is 0.493 e. The summed E-state index contributed by atoms with van der Waals surface area (Å²) in [5.74, 6) is 3.21. The quantitative estimate of drug-likeness (QED) is 0.710.